The third kappa shape index (κ3) is 2.97. The first-order valence-electron chi connectivity index (χ1n) is 7.39. The van der Waals surface area contributed by atoms with Gasteiger partial charge in [-0.3, -0.25) is 0 Å². The number of nitrogen functional groups attached to an aromatic ring is 1. The first-order valence-corrected chi connectivity index (χ1v) is 7.39. The van der Waals surface area contributed by atoms with Gasteiger partial charge in [0.05, 0.1) is 5.56 Å². The zero-order valence-electron chi connectivity index (χ0n) is 13.2. The fourth-order valence-corrected chi connectivity index (χ4v) is 2.58. The van der Waals surface area contributed by atoms with Gasteiger partial charge < -0.3 is 15.5 Å². The highest BCUT2D eigenvalue weighted by Crippen LogP contribution is 2.34. The summed E-state index contributed by atoms with van der Waals surface area (Å²) in [6.45, 7) is 2.78. The normalized spacial score (nSPS) is 15.7. The van der Waals surface area contributed by atoms with Gasteiger partial charge >= 0.3 is 0 Å². The molecule has 134 valence electrons. The number of hydrogen-bond donors (Lipinski definition) is 1. The number of hydrogen-bond acceptors (Lipinski definition) is 5. The molecule has 25 heavy (non-hydrogen) atoms. The first kappa shape index (κ1) is 17.3. The molecule has 1 saturated heterocycles. The summed E-state index contributed by atoms with van der Waals surface area (Å²) < 4.78 is 67.7. The van der Waals surface area contributed by atoms with Crippen LogP contribution in [0.2, 0.25) is 0 Å². The fourth-order valence-electron chi connectivity index (χ4n) is 2.58. The number of halogens is 5. The first-order chi connectivity index (χ1) is 11.8. The van der Waals surface area contributed by atoms with E-state index in [0.29, 0.717) is 13.1 Å². The largest absolute Gasteiger partial charge is 0.383 e. The van der Waals surface area contributed by atoms with Crippen LogP contribution in [-0.4, -0.2) is 48.1 Å². The van der Waals surface area contributed by atoms with E-state index >= 15 is 0 Å². The van der Waals surface area contributed by atoms with Crippen LogP contribution in [0.4, 0.5) is 33.7 Å². The van der Waals surface area contributed by atoms with Gasteiger partial charge in [0, 0.05) is 37.9 Å². The Hall–Kier alpha value is -2.49. The van der Waals surface area contributed by atoms with E-state index in [0.717, 1.165) is 19.3 Å². The number of nitrogens with two attached hydrogens (primary N) is 1. The molecular weight excluding hydrogens is 345 g/mol. The molecule has 10 heteroatoms. The molecule has 0 aliphatic carbocycles. The van der Waals surface area contributed by atoms with Crippen LogP contribution in [0.1, 0.15) is 0 Å². The van der Waals surface area contributed by atoms with Crippen molar-refractivity contribution in [1.29, 1.82) is 0 Å². The Morgan fingerprint density at radius 2 is 1.40 bits per heavy atom. The highest BCUT2D eigenvalue weighted by Gasteiger charge is 2.28. The fraction of sp³-hybridized carbons (Fsp3) is 0.333. The van der Waals surface area contributed by atoms with Crippen molar-refractivity contribution in [2.24, 2.45) is 0 Å². The van der Waals surface area contributed by atoms with Crippen LogP contribution in [0.15, 0.2) is 6.20 Å². The molecule has 1 fully saturated rings. The van der Waals surface area contributed by atoms with E-state index in [2.05, 4.69) is 14.9 Å². The Morgan fingerprint density at radius 3 is 1.92 bits per heavy atom. The number of likely N-dealkylation sites (N-methyl/N-ethyl adjacent to an activating group) is 1. The summed E-state index contributed by atoms with van der Waals surface area (Å²) >= 11 is 0. The summed E-state index contributed by atoms with van der Waals surface area (Å²) in [6, 6.07) is 0. The predicted octanol–water partition coefficient (Wildman–Crippen LogP) is 2.17. The average molecular weight is 359 g/mol. The second-order valence-corrected chi connectivity index (χ2v) is 5.70. The Morgan fingerprint density at radius 1 is 0.880 bits per heavy atom. The van der Waals surface area contributed by atoms with Gasteiger partial charge in [-0.15, -0.1) is 0 Å². The number of piperazine rings is 1. The van der Waals surface area contributed by atoms with Crippen molar-refractivity contribution in [2.75, 3.05) is 43.9 Å². The topological polar surface area (TPSA) is 58.3 Å². The number of anilines is 2. The van der Waals surface area contributed by atoms with E-state index in [1.54, 1.807) is 0 Å². The second-order valence-electron chi connectivity index (χ2n) is 5.70. The lowest BCUT2D eigenvalue weighted by Crippen LogP contribution is -2.45. The molecular formula is C15H14F5N5. The maximum absolute atomic E-state index is 13.9. The molecule has 1 aromatic heterocycles. The zero-order valence-corrected chi connectivity index (χ0v) is 13.2. The lowest BCUT2D eigenvalue weighted by molar-refractivity contribution is 0.311. The van der Waals surface area contributed by atoms with E-state index < -0.39 is 40.2 Å². The van der Waals surface area contributed by atoms with Gasteiger partial charge in [0.2, 0.25) is 11.8 Å². The highest BCUT2D eigenvalue weighted by atomic mass is 19.2. The van der Waals surface area contributed by atoms with E-state index in [-0.39, 0.29) is 11.8 Å². The van der Waals surface area contributed by atoms with Gasteiger partial charge in [-0.1, -0.05) is 0 Å². The summed E-state index contributed by atoms with van der Waals surface area (Å²) in [5, 5.41) is 0. The molecule has 0 saturated carbocycles. The van der Waals surface area contributed by atoms with Gasteiger partial charge in [0.25, 0.3) is 0 Å². The van der Waals surface area contributed by atoms with Gasteiger partial charge in [0.15, 0.2) is 23.3 Å². The van der Waals surface area contributed by atoms with Crippen molar-refractivity contribution in [1.82, 2.24) is 14.9 Å². The molecule has 1 aliphatic rings. The lowest BCUT2D eigenvalue weighted by atomic mass is 10.1. The molecule has 5 nitrogen and oxygen atoms in total. The monoisotopic (exact) mass is 359 g/mol. The minimum absolute atomic E-state index is 0.234. The summed E-state index contributed by atoms with van der Waals surface area (Å²) in [5.74, 6) is -10.4. The van der Waals surface area contributed by atoms with Gasteiger partial charge in [-0.25, -0.2) is 26.9 Å². The second kappa shape index (κ2) is 6.43. The van der Waals surface area contributed by atoms with Crippen molar-refractivity contribution in [3.8, 4) is 11.1 Å². The summed E-state index contributed by atoms with van der Waals surface area (Å²) in [4.78, 5) is 11.9. The summed E-state index contributed by atoms with van der Waals surface area (Å²) in [6.07, 6.45) is 0.967. The van der Waals surface area contributed by atoms with Crippen molar-refractivity contribution < 1.29 is 22.0 Å². The van der Waals surface area contributed by atoms with Crippen molar-refractivity contribution in [3.05, 3.63) is 35.3 Å². The Balaban J connectivity index is 2.03. The molecule has 2 aromatic rings. The Bertz CT molecular complexity index is 791. The van der Waals surface area contributed by atoms with E-state index in [1.165, 1.54) is 0 Å². The van der Waals surface area contributed by atoms with Crippen LogP contribution >= 0.6 is 0 Å². The van der Waals surface area contributed by atoms with Crippen molar-refractivity contribution in [3.63, 3.8) is 0 Å². The van der Waals surface area contributed by atoms with Crippen LogP contribution in [0.3, 0.4) is 0 Å². The molecule has 1 aliphatic heterocycles. The molecule has 0 bridgehead atoms. The van der Waals surface area contributed by atoms with Crippen LogP contribution in [-0.2, 0) is 0 Å². The zero-order chi connectivity index (χ0) is 18.3. The summed E-state index contributed by atoms with van der Waals surface area (Å²) in [7, 11) is 1.96. The predicted molar refractivity (Wildman–Crippen MR) is 81.4 cm³/mol. The smallest absolute Gasteiger partial charge is 0.227 e. The van der Waals surface area contributed by atoms with Gasteiger partial charge in [0.1, 0.15) is 5.82 Å². The average Bonchev–Trinajstić information content (AvgIpc) is 2.60. The van der Waals surface area contributed by atoms with Crippen molar-refractivity contribution in [2.45, 2.75) is 0 Å². The molecule has 0 atom stereocenters. The highest BCUT2D eigenvalue weighted by molar-refractivity contribution is 5.75. The third-order valence-corrected chi connectivity index (χ3v) is 4.07. The number of aromatic nitrogens is 2. The van der Waals surface area contributed by atoms with Crippen LogP contribution < -0.4 is 10.6 Å². The van der Waals surface area contributed by atoms with Crippen LogP contribution in [0.5, 0.6) is 0 Å². The summed E-state index contributed by atoms with van der Waals surface area (Å²) in [5.41, 5.74) is 4.11. The van der Waals surface area contributed by atoms with Gasteiger partial charge in [-0.05, 0) is 7.05 Å². The number of rotatable bonds is 2. The Kier molecular flexibility index (Phi) is 4.46. The SMILES string of the molecule is CN1CCN(c2ncc(-c3c(F)c(F)c(F)c(F)c3F)c(N)n2)CC1. The minimum atomic E-state index is -2.23. The molecule has 1 aromatic carbocycles. The minimum Gasteiger partial charge on any atom is -0.383 e. The number of benzene rings is 1. The molecule has 0 spiro atoms. The third-order valence-electron chi connectivity index (χ3n) is 4.07. The molecule has 0 amide bonds. The quantitative estimate of drug-likeness (QED) is 0.506. The maximum Gasteiger partial charge on any atom is 0.227 e. The van der Waals surface area contributed by atoms with Crippen LogP contribution in [0.25, 0.3) is 11.1 Å². The molecule has 0 unspecified atom stereocenters. The standard InChI is InChI=1S/C15H14F5N5/c1-24-2-4-25(5-3-24)15-22-6-7(14(21)23-15)8-9(16)11(18)13(20)12(19)10(8)17/h6H,2-5H2,1H3,(H2,21,22,23). The molecule has 3 rings (SSSR count). The molecule has 0 radical (unpaired) electrons. The lowest BCUT2D eigenvalue weighted by Gasteiger charge is -2.32. The van der Waals surface area contributed by atoms with E-state index in [1.807, 2.05) is 11.9 Å². The van der Waals surface area contributed by atoms with E-state index in [9.17, 15) is 22.0 Å². The Labute approximate surface area is 139 Å². The van der Waals surface area contributed by atoms with E-state index in [4.69, 9.17) is 5.73 Å². The van der Waals surface area contributed by atoms with Crippen molar-refractivity contribution >= 4 is 11.8 Å². The molecule has 2 heterocycles. The maximum atomic E-state index is 13.9. The number of nitrogens with zero attached hydrogens (tertiary/aromatic N) is 4. The van der Waals surface area contributed by atoms with Gasteiger partial charge in [-0.2, -0.15) is 4.98 Å². The van der Waals surface area contributed by atoms with Crippen LogP contribution in [0, 0.1) is 29.1 Å². The molecule has 2 N–H and O–H groups in total.